The first-order chi connectivity index (χ1) is 13.9. The minimum absolute atomic E-state index is 0.0351. The molecular weight excluding hydrogens is 384 g/mol. The number of Topliss-reactive ketones (excluding diaryl/α,β-unsaturated/α-hetero) is 4. The first kappa shape index (κ1) is 19.2. The molecule has 6 nitrogen and oxygen atoms in total. The summed E-state index contributed by atoms with van der Waals surface area (Å²) in [5.41, 5.74) is -4.52. The molecular formula is C24H24O6. The van der Waals surface area contributed by atoms with Crippen molar-refractivity contribution in [2.45, 2.75) is 41.5 Å². The fraction of sp³-hybridized carbons (Fsp3) is 0.500. The van der Waals surface area contributed by atoms with E-state index in [1.54, 1.807) is 53.7 Å². The number of rotatable bonds is 0. The summed E-state index contributed by atoms with van der Waals surface area (Å²) in [4.78, 5) is 56.1. The molecule has 0 amide bonds. The van der Waals surface area contributed by atoms with Gasteiger partial charge in [0.05, 0.1) is 22.3 Å². The van der Waals surface area contributed by atoms with Crippen LogP contribution >= 0.6 is 0 Å². The molecule has 2 aliphatic heterocycles. The molecule has 1 fully saturated rings. The molecule has 5 aliphatic rings. The van der Waals surface area contributed by atoms with Crippen molar-refractivity contribution in [3.8, 4) is 0 Å². The maximum atomic E-state index is 14.2. The molecule has 1 saturated carbocycles. The first-order valence-corrected chi connectivity index (χ1v) is 10.2. The van der Waals surface area contributed by atoms with Gasteiger partial charge in [0.25, 0.3) is 0 Å². The lowest BCUT2D eigenvalue weighted by atomic mass is 9.32. The highest BCUT2D eigenvalue weighted by atomic mass is 16.5. The van der Waals surface area contributed by atoms with Crippen molar-refractivity contribution in [3.05, 3.63) is 46.0 Å². The lowest BCUT2D eigenvalue weighted by Gasteiger charge is -2.65. The standard InChI is InChI=1S/C24H24O6/c1-11-7-15-13(9-29-11)17(25)24(6)19(27)21(15,3)23(5)18(26)14-10-30-12(2)8-16(14)22(24,4)20(23)28/h7-8H,9-10H2,1-6H3/t21-,22+,23-,24+. The minimum Gasteiger partial charge on any atom is -0.493 e. The summed E-state index contributed by atoms with van der Waals surface area (Å²) in [6.45, 7) is 9.98. The van der Waals surface area contributed by atoms with Crippen molar-refractivity contribution in [1.82, 2.24) is 0 Å². The molecule has 0 radical (unpaired) electrons. The molecule has 0 N–H and O–H groups in total. The molecule has 0 spiro atoms. The quantitative estimate of drug-likeness (QED) is 0.573. The van der Waals surface area contributed by atoms with Crippen LogP contribution in [0.25, 0.3) is 0 Å². The van der Waals surface area contributed by atoms with Crippen LogP contribution in [0.4, 0.5) is 0 Å². The highest BCUT2D eigenvalue weighted by Crippen LogP contribution is 2.71. The third kappa shape index (κ3) is 1.57. The minimum atomic E-state index is -1.63. The second kappa shape index (κ2) is 5.10. The Hall–Kier alpha value is -2.76. The predicted molar refractivity (Wildman–Crippen MR) is 106 cm³/mol. The van der Waals surface area contributed by atoms with Gasteiger partial charge in [-0.15, -0.1) is 0 Å². The summed E-state index contributed by atoms with van der Waals surface area (Å²) >= 11 is 0. The second-order valence-electron chi connectivity index (χ2n) is 9.69. The molecule has 2 heterocycles. The van der Waals surface area contributed by atoms with Crippen LogP contribution in [0.2, 0.25) is 0 Å². The second-order valence-corrected chi connectivity index (χ2v) is 9.69. The van der Waals surface area contributed by atoms with Crippen LogP contribution < -0.4 is 0 Å². The third-order valence-corrected chi connectivity index (χ3v) is 8.58. The fourth-order valence-electron chi connectivity index (χ4n) is 6.42. The zero-order valence-electron chi connectivity index (χ0n) is 18.0. The van der Waals surface area contributed by atoms with Gasteiger partial charge in [0.15, 0.2) is 23.1 Å². The fourth-order valence-corrected chi connectivity index (χ4v) is 6.42. The van der Waals surface area contributed by atoms with E-state index in [2.05, 4.69) is 0 Å². The van der Waals surface area contributed by atoms with Crippen LogP contribution in [0.3, 0.4) is 0 Å². The van der Waals surface area contributed by atoms with Gasteiger partial charge in [-0.2, -0.15) is 0 Å². The van der Waals surface area contributed by atoms with E-state index < -0.39 is 21.7 Å². The topological polar surface area (TPSA) is 86.7 Å². The molecule has 6 heteroatoms. The Morgan fingerprint density at radius 3 is 1.30 bits per heavy atom. The summed E-state index contributed by atoms with van der Waals surface area (Å²) in [7, 11) is 0. The Labute approximate surface area is 174 Å². The summed E-state index contributed by atoms with van der Waals surface area (Å²) in [5, 5.41) is 0. The highest BCUT2D eigenvalue weighted by Gasteiger charge is 2.82. The van der Waals surface area contributed by atoms with Crippen molar-refractivity contribution in [2.75, 3.05) is 13.2 Å². The Morgan fingerprint density at radius 1 is 0.633 bits per heavy atom. The number of hydrogen-bond acceptors (Lipinski definition) is 6. The Morgan fingerprint density at radius 2 is 0.967 bits per heavy atom. The zero-order chi connectivity index (χ0) is 22.0. The van der Waals surface area contributed by atoms with Gasteiger partial charge in [-0.3, -0.25) is 19.2 Å². The van der Waals surface area contributed by atoms with E-state index in [1.165, 1.54) is 0 Å². The number of ether oxygens (including phenoxy) is 2. The van der Waals surface area contributed by atoms with Crippen LogP contribution in [0.15, 0.2) is 46.0 Å². The Balaban J connectivity index is 1.98. The van der Waals surface area contributed by atoms with E-state index in [-0.39, 0.29) is 36.3 Å². The number of hydrogen-bond donors (Lipinski definition) is 0. The van der Waals surface area contributed by atoms with E-state index in [0.717, 1.165) is 0 Å². The van der Waals surface area contributed by atoms with E-state index in [1.807, 2.05) is 0 Å². The lowest BCUT2D eigenvalue weighted by Crippen LogP contribution is -2.77. The number of fused-ring (bicyclic) bond motifs is 8. The molecule has 4 atom stereocenters. The summed E-state index contributed by atoms with van der Waals surface area (Å²) < 4.78 is 11.3. The largest absolute Gasteiger partial charge is 0.493 e. The average Bonchev–Trinajstić information content (AvgIpc) is 2.72. The first-order valence-electron chi connectivity index (χ1n) is 10.2. The Kier molecular flexibility index (Phi) is 3.27. The maximum Gasteiger partial charge on any atom is 0.177 e. The zero-order valence-corrected chi connectivity index (χ0v) is 18.0. The molecule has 4 bridgehead atoms. The summed E-state index contributed by atoms with van der Waals surface area (Å²) in [6.07, 6.45) is 3.29. The molecule has 0 aromatic rings. The van der Waals surface area contributed by atoms with Crippen molar-refractivity contribution in [1.29, 1.82) is 0 Å². The molecule has 156 valence electrons. The predicted octanol–water partition coefficient (Wildman–Crippen LogP) is 2.79. The van der Waals surface area contributed by atoms with Crippen LogP contribution in [0.1, 0.15) is 41.5 Å². The van der Waals surface area contributed by atoms with Crippen molar-refractivity contribution >= 4 is 23.1 Å². The van der Waals surface area contributed by atoms with Gasteiger partial charge in [-0.1, -0.05) is 0 Å². The van der Waals surface area contributed by atoms with Crippen molar-refractivity contribution in [3.63, 3.8) is 0 Å². The van der Waals surface area contributed by atoms with Gasteiger partial charge in [0.1, 0.15) is 24.0 Å². The number of ketones is 4. The number of carbonyl (C=O) groups is 4. The van der Waals surface area contributed by atoms with Crippen LogP contribution in [-0.4, -0.2) is 36.3 Å². The van der Waals surface area contributed by atoms with Gasteiger partial charge in [-0.25, -0.2) is 0 Å². The van der Waals surface area contributed by atoms with Gasteiger partial charge >= 0.3 is 0 Å². The summed E-state index contributed by atoms with van der Waals surface area (Å²) in [5.74, 6) is -0.420. The normalized spacial score (nSPS) is 42.2. The lowest BCUT2D eigenvalue weighted by molar-refractivity contribution is -0.183. The molecule has 0 saturated heterocycles. The SMILES string of the molecule is CC1=CC2=C(CO1)C(=O)[C@@]1(C)C(=O)[C@]2(C)[C@]2(C)C(=O)C3=C(C=C(C)OC3)[C@@]1(C)C2=O. The maximum absolute atomic E-state index is 14.2. The molecule has 0 aromatic heterocycles. The molecule has 5 rings (SSSR count). The smallest absolute Gasteiger partial charge is 0.177 e. The van der Waals surface area contributed by atoms with Gasteiger partial charge in [0.2, 0.25) is 0 Å². The number of carbonyl (C=O) groups excluding carboxylic acids is 4. The van der Waals surface area contributed by atoms with E-state index in [0.29, 0.717) is 33.8 Å². The van der Waals surface area contributed by atoms with Crippen LogP contribution in [0.5, 0.6) is 0 Å². The van der Waals surface area contributed by atoms with Crippen molar-refractivity contribution in [2.24, 2.45) is 21.7 Å². The molecule has 30 heavy (non-hydrogen) atoms. The highest BCUT2D eigenvalue weighted by molar-refractivity contribution is 6.35. The summed E-state index contributed by atoms with van der Waals surface area (Å²) in [6, 6.07) is 0. The van der Waals surface area contributed by atoms with E-state index >= 15 is 0 Å². The third-order valence-electron chi connectivity index (χ3n) is 8.58. The number of allylic oxidation sites excluding steroid dienone is 6. The van der Waals surface area contributed by atoms with Crippen LogP contribution in [0, 0.1) is 21.7 Å². The van der Waals surface area contributed by atoms with Crippen molar-refractivity contribution < 1.29 is 28.7 Å². The monoisotopic (exact) mass is 408 g/mol. The van der Waals surface area contributed by atoms with Gasteiger partial charge in [0, 0.05) is 11.1 Å². The Bertz CT molecular complexity index is 1060. The van der Waals surface area contributed by atoms with Crippen LogP contribution in [-0.2, 0) is 28.7 Å². The molecule has 3 aliphatic carbocycles. The van der Waals surface area contributed by atoms with Gasteiger partial charge < -0.3 is 9.47 Å². The van der Waals surface area contributed by atoms with Gasteiger partial charge in [-0.05, 0) is 64.8 Å². The van der Waals surface area contributed by atoms with E-state index in [9.17, 15) is 19.2 Å². The average molecular weight is 408 g/mol. The molecule has 0 unspecified atom stereocenters. The van der Waals surface area contributed by atoms with E-state index in [4.69, 9.17) is 9.47 Å². The molecule has 0 aromatic carbocycles.